The maximum atomic E-state index is 13.3. The normalized spacial score (nSPS) is 19.3. The highest BCUT2D eigenvalue weighted by Crippen LogP contribution is 2.25. The Hall–Kier alpha value is -3.23. The van der Waals surface area contributed by atoms with Crippen molar-refractivity contribution in [1.82, 2.24) is 19.9 Å². The zero-order valence-corrected chi connectivity index (χ0v) is 15.7. The molecule has 0 atom stereocenters. The molecule has 0 unspecified atom stereocenters. The molecule has 0 bridgehead atoms. The van der Waals surface area contributed by atoms with E-state index < -0.39 is 23.1 Å². The molecule has 1 aromatic carbocycles. The van der Waals surface area contributed by atoms with E-state index in [-0.39, 0.29) is 23.5 Å². The third-order valence-electron chi connectivity index (χ3n) is 5.02. The number of benzene rings is 1. The average Bonchev–Trinajstić information content (AvgIpc) is 3.04. The second kappa shape index (κ2) is 7.65. The number of hydrogen-bond donors (Lipinski definition) is 2. The standard InChI is InChI=1S/C20H20F2N4O3/c1-11-6-18-23-10-17(20(28)26(18)25-11)19(27)24-14-2-4-15(5-3-14)29-16-8-12(21)7-13(22)9-16/h6-10,14-15,25H,2-5H2,1H3,(H,24,27). The highest BCUT2D eigenvalue weighted by molar-refractivity contribution is 5.93. The first-order valence-corrected chi connectivity index (χ1v) is 9.40. The quantitative estimate of drug-likeness (QED) is 0.702. The Morgan fingerprint density at radius 3 is 2.55 bits per heavy atom. The third kappa shape index (κ3) is 4.13. The molecule has 4 rings (SSSR count). The van der Waals surface area contributed by atoms with Crippen LogP contribution in [0.3, 0.4) is 0 Å². The SMILES string of the molecule is Cc1cc2ncc(C(=O)NC3CCC(Oc4cc(F)cc(F)c4)CC3)c(=O)n2[nH]1. The lowest BCUT2D eigenvalue weighted by Gasteiger charge is -2.29. The van der Waals surface area contributed by atoms with Crippen molar-refractivity contribution >= 4 is 11.6 Å². The molecule has 2 aromatic heterocycles. The Morgan fingerprint density at radius 1 is 1.17 bits per heavy atom. The number of nitrogens with one attached hydrogen (secondary N) is 2. The van der Waals surface area contributed by atoms with E-state index in [1.807, 2.05) is 0 Å². The Labute approximate surface area is 164 Å². The van der Waals surface area contributed by atoms with Gasteiger partial charge < -0.3 is 10.1 Å². The molecule has 1 saturated carbocycles. The first-order chi connectivity index (χ1) is 13.9. The van der Waals surface area contributed by atoms with Crippen molar-refractivity contribution in [2.75, 3.05) is 0 Å². The van der Waals surface area contributed by atoms with Gasteiger partial charge in [0.15, 0.2) is 5.65 Å². The van der Waals surface area contributed by atoms with Gasteiger partial charge in [-0.05, 0) is 32.6 Å². The van der Waals surface area contributed by atoms with E-state index >= 15 is 0 Å². The first kappa shape index (κ1) is 19.1. The third-order valence-corrected chi connectivity index (χ3v) is 5.02. The molecule has 1 aliphatic rings. The van der Waals surface area contributed by atoms with Gasteiger partial charge in [-0.2, -0.15) is 0 Å². The van der Waals surface area contributed by atoms with Gasteiger partial charge >= 0.3 is 0 Å². The summed E-state index contributed by atoms with van der Waals surface area (Å²) in [6.45, 7) is 1.80. The smallest absolute Gasteiger partial charge is 0.285 e. The first-order valence-electron chi connectivity index (χ1n) is 9.40. The number of H-pyrrole nitrogens is 1. The summed E-state index contributed by atoms with van der Waals surface area (Å²) >= 11 is 0. The molecule has 9 heteroatoms. The maximum Gasteiger partial charge on any atom is 0.285 e. The highest BCUT2D eigenvalue weighted by Gasteiger charge is 2.25. The number of aryl methyl sites for hydroxylation is 1. The summed E-state index contributed by atoms with van der Waals surface area (Å²) in [5, 5.41) is 5.72. The number of ether oxygens (including phenoxy) is 1. The molecule has 1 aliphatic carbocycles. The number of carbonyl (C=O) groups is 1. The largest absolute Gasteiger partial charge is 0.490 e. The minimum Gasteiger partial charge on any atom is -0.490 e. The second-order valence-electron chi connectivity index (χ2n) is 7.28. The van der Waals surface area contributed by atoms with Gasteiger partial charge in [0.25, 0.3) is 11.5 Å². The predicted octanol–water partition coefficient (Wildman–Crippen LogP) is 2.73. The molecule has 0 saturated heterocycles. The number of carbonyl (C=O) groups excluding carboxylic acids is 1. The number of aromatic nitrogens is 3. The van der Waals surface area contributed by atoms with Crippen molar-refractivity contribution < 1.29 is 18.3 Å². The zero-order chi connectivity index (χ0) is 20.5. The fourth-order valence-electron chi connectivity index (χ4n) is 3.61. The van der Waals surface area contributed by atoms with Gasteiger partial charge in [-0.15, -0.1) is 0 Å². The van der Waals surface area contributed by atoms with Crippen molar-refractivity contribution in [3.8, 4) is 5.75 Å². The molecule has 0 aliphatic heterocycles. The minimum absolute atomic E-state index is 0.0297. The summed E-state index contributed by atoms with van der Waals surface area (Å²) in [4.78, 5) is 29.2. The van der Waals surface area contributed by atoms with Crippen molar-refractivity contribution in [1.29, 1.82) is 0 Å². The zero-order valence-electron chi connectivity index (χ0n) is 15.7. The molecule has 2 N–H and O–H groups in total. The van der Waals surface area contributed by atoms with E-state index in [0.717, 1.165) is 23.9 Å². The van der Waals surface area contributed by atoms with Crippen molar-refractivity contribution in [2.45, 2.75) is 44.8 Å². The summed E-state index contributed by atoms with van der Waals surface area (Å²) in [5.74, 6) is -1.69. The van der Waals surface area contributed by atoms with E-state index in [9.17, 15) is 18.4 Å². The number of nitrogens with zero attached hydrogens (tertiary/aromatic N) is 2. The lowest BCUT2D eigenvalue weighted by atomic mass is 9.92. The summed E-state index contributed by atoms with van der Waals surface area (Å²) in [5.41, 5.74) is 0.739. The summed E-state index contributed by atoms with van der Waals surface area (Å²) in [7, 11) is 0. The number of fused-ring (bicyclic) bond motifs is 1. The van der Waals surface area contributed by atoms with Crippen LogP contribution < -0.4 is 15.6 Å². The molecular formula is C20H20F2N4O3. The van der Waals surface area contributed by atoms with Gasteiger partial charge in [-0.25, -0.2) is 18.3 Å². The molecule has 29 heavy (non-hydrogen) atoms. The molecule has 3 aromatic rings. The Bertz CT molecular complexity index is 1100. The van der Waals surface area contributed by atoms with Crippen LogP contribution in [0.5, 0.6) is 5.75 Å². The molecule has 7 nitrogen and oxygen atoms in total. The van der Waals surface area contributed by atoms with E-state index in [1.54, 1.807) is 13.0 Å². The Balaban J connectivity index is 1.36. The van der Waals surface area contributed by atoms with Crippen LogP contribution in [0, 0.1) is 18.6 Å². The van der Waals surface area contributed by atoms with E-state index in [4.69, 9.17) is 4.74 Å². The molecule has 1 fully saturated rings. The predicted molar refractivity (Wildman–Crippen MR) is 101 cm³/mol. The highest BCUT2D eigenvalue weighted by atomic mass is 19.1. The molecule has 0 radical (unpaired) electrons. The Kier molecular flexibility index (Phi) is 5.04. The number of rotatable bonds is 4. The summed E-state index contributed by atoms with van der Waals surface area (Å²) < 4.78 is 33.5. The van der Waals surface area contributed by atoms with Gasteiger partial charge in [-0.1, -0.05) is 0 Å². The summed E-state index contributed by atoms with van der Waals surface area (Å²) in [6, 6.07) is 4.69. The summed E-state index contributed by atoms with van der Waals surface area (Å²) in [6.07, 6.45) is 3.60. The van der Waals surface area contributed by atoms with Crippen molar-refractivity contribution in [3.63, 3.8) is 0 Å². The average molecular weight is 402 g/mol. The van der Waals surface area contributed by atoms with Gasteiger partial charge in [0.1, 0.15) is 22.9 Å². The molecule has 152 valence electrons. The minimum atomic E-state index is -0.685. The molecular weight excluding hydrogens is 382 g/mol. The monoisotopic (exact) mass is 402 g/mol. The van der Waals surface area contributed by atoms with Crippen molar-refractivity contribution in [2.24, 2.45) is 0 Å². The van der Waals surface area contributed by atoms with Crippen LogP contribution in [0.25, 0.3) is 5.65 Å². The van der Waals surface area contributed by atoms with E-state index in [0.29, 0.717) is 31.3 Å². The number of amides is 1. The van der Waals surface area contributed by atoms with Gasteiger partial charge in [0, 0.05) is 42.2 Å². The van der Waals surface area contributed by atoms with Crippen LogP contribution in [0.4, 0.5) is 8.78 Å². The number of hydrogen-bond acceptors (Lipinski definition) is 4. The fraction of sp³-hybridized carbons (Fsp3) is 0.350. The molecule has 0 spiro atoms. The fourth-order valence-corrected chi connectivity index (χ4v) is 3.61. The van der Waals surface area contributed by atoms with Crippen LogP contribution in [-0.4, -0.2) is 32.7 Å². The maximum absolute atomic E-state index is 13.3. The van der Waals surface area contributed by atoms with Crippen LogP contribution >= 0.6 is 0 Å². The molecule has 2 heterocycles. The van der Waals surface area contributed by atoms with Crippen LogP contribution in [0.2, 0.25) is 0 Å². The van der Waals surface area contributed by atoms with E-state index in [2.05, 4.69) is 15.4 Å². The Morgan fingerprint density at radius 2 is 1.86 bits per heavy atom. The lowest BCUT2D eigenvalue weighted by Crippen LogP contribution is -2.41. The van der Waals surface area contributed by atoms with Gasteiger partial charge in [-0.3, -0.25) is 14.7 Å². The lowest BCUT2D eigenvalue weighted by molar-refractivity contribution is 0.0891. The van der Waals surface area contributed by atoms with Crippen LogP contribution in [0.1, 0.15) is 41.7 Å². The molecule has 1 amide bonds. The number of halogens is 2. The number of aromatic amines is 1. The topological polar surface area (TPSA) is 88.5 Å². The van der Waals surface area contributed by atoms with Gasteiger partial charge in [0.05, 0.1) is 6.10 Å². The second-order valence-corrected chi connectivity index (χ2v) is 7.28. The van der Waals surface area contributed by atoms with Crippen LogP contribution in [0.15, 0.2) is 35.3 Å². The van der Waals surface area contributed by atoms with Gasteiger partial charge in [0.2, 0.25) is 0 Å². The van der Waals surface area contributed by atoms with Crippen molar-refractivity contribution in [3.05, 3.63) is 63.7 Å². The van der Waals surface area contributed by atoms with E-state index in [1.165, 1.54) is 10.7 Å². The van der Waals surface area contributed by atoms with Crippen LogP contribution in [-0.2, 0) is 0 Å².